The normalized spacial score (nSPS) is 30.9. The Balaban J connectivity index is 1.55. The quantitative estimate of drug-likeness (QED) is 0.469. The van der Waals surface area contributed by atoms with Crippen LogP contribution in [0.4, 0.5) is 20.7 Å². The molecule has 0 radical (unpaired) electrons. The zero-order valence-corrected chi connectivity index (χ0v) is 20.3. The first-order valence-electron chi connectivity index (χ1n) is 11.9. The highest BCUT2D eigenvalue weighted by molar-refractivity contribution is 6.20. The number of anilines is 2. The monoisotopic (exact) mass is 519 g/mol. The fraction of sp³-hybridized carbons (Fsp3) is 0.565. The lowest BCUT2D eigenvalue weighted by Gasteiger charge is -2.55. The third-order valence-electron chi connectivity index (χ3n) is 7.62. The summed E-state index contributed by atoms with van der Waals surface area (Å²) in [5.74, 6) is -2.13. The second-order valence-corrected chi connectivity index (χ2v) is 9.89. The number of nitrogens with zero attached hydrogens (tertiary/aromatic N) is 3. The molecule has 1 aromatic carbocycles. The lowest BCUT2D eigenvalue weighted by atomic mass is 9.66. The van der Waals surface area contributed by atoms with Crippen molar-refractivity contribution in [2.24, 2.45) is 5.41 Å². The summed E-state index contributed by atoms with van der Waals surface area (Å²) in [6, 6.07) is -0.608. The van der Waals surface area contributed by atoms with Gasteiger partial charge in [-0.3, -0.25) is 25.1 Å². The number of hydrogen-bond donors (Lipinski definition) is 3. The molecular formula is C23H26FN5O8. The minimum absolute atomic E-state index is 0.136. The van der Waals surface area contributed by atoms with Crippen LogP contribution in [0.15, 0.2) is 10.6 Å². The molecule has 6 rings (SSSR count). The molecule has 1 spiro atoms. The van der Waals surface area contributed by atoms with Crippen molar-refractivity contribution in [3.63, 3.8) is 0 Å². The van der Waals surface area contributed by atoms with Gasteiger partial charge in [-0.15, -0.1) is 0 Å². The molecule has 3 fully saturated rings. The van der Waals surface area contributed by atoms with E-state index in [-0.39, 0.29) is 54.8 Å². The summed E-state index contributed by atoms with van der Waals surface area (Å²) in [6.45, 7) is 4.08. The molecule has 0 bridgehead atoms. The van der Waals surface area contributed by atoms with Crippen LogP contribution in [-0.4, -0.2) is 85.7 Å². The summed E-state index contributed by atoms with van der Waals surface area (Å²) >= 11 is 0. The number of halogens is 1. The van der Waals surface area contributed by atoms with E-state index < -0.39 is 53.7 Å². The number of aliphatic hydroxyl groups is 1. The van der Waals surface area contributed by atoms with Crippen LogP contribution in [0, 0.1) is 11.2 Å². The highest BCUT2D eigenvalue weighted by Gasteiger charge is 2.63. The summed E-state index contributed by atoms with van der Waals surface area (Å²) in [4.78, 5) is 41.7. The average Bonchev–Trinajstić information content (AvgIpc) is 3.40. The minimum atomic E-state index is -1.76. The SMILES string of the molecule is COCC1COC(O)N1c1noc2c(F)c3c(cc12)CC1(C(=O)NC(=O)NC1=O)C1C(C)OC(C)CN31. The molecule has 4 aliphatic heterocycles. The van der Waals surface area contributed by atoms with Crippen LogP contribution >= 0.6 is 0 Å². The van der Waals surface area contributed by atoms with Gasteiger partial charge in [0.05, 0.1) is 48.6 Å². The Morgan fingerprint density at radius 1 is 1.27 bits per heavy atom. The molecule has 5 heterocycles. The fourth-order valence-electron chi connectivity index (χ4n) is 6.26. The van der Waals surface area contributed by atoms with Crippen LogP contribution in [0.5, 0.6) is 0 Å². The Hall–Kier alpha value is -3.33. The second-order valence-electron chi connectivity index (χ2n) is 9.89. The first kappa shape index (κ1) is 24.0. The van der Waals surface area contributed by atoms with E-state index in [1.807, 2.05) is 6.92 Å². The van der Waals surface area contributed by atoms with Gasteiger partial charge in [-0.25, -0.2) is 9.18 Å². The first-order chi connectivity index (χ1) is 17.7. The fourth-order valence-corrected chi connectivity index (χ4v) is 6.26. The molecule has 3 N–H and O–H groups in total. The number of carbonyl (C=O) groups is 3. The van der Waals surface area contributed by atoms with Crippen molar-refractivity contribution in [1.82, 2.24) is 15.8 Å². The Labute approximate surface area is 209 Å². The van der Waals surface area contributed by atoms with Crippen molar-refractivity contribution >= 4 is 40.3 Å². The number of morpholine rings is 1. The van der Waals surface area contributed by atoms with E-state index in [2.05, 4.69) is 15.8 Å². The standard InChI is InChI=1S/C23H26FN5O8/c1-9-6-28-15-11(5-23(17(28)10(2)36-9)19(30)25-21(32)26-20(23)31)4-13-16(14(15)24)37-27-18(13)29-12(7-34-3)8-35-22(29)33/h4,9-10,12,17,22,33H,5-8H2,1-3H3,(H2,25,26,30,31,32). The molecular weight excluding hydrogens is 493 g/mol. The number of hydrogen-bond acceptors (Lipinski definition) is 11. The van der Waals surface area contributed by atoms with Crippen molar-refractivity contribution in [3.8, 4) is 0 Å². The Bertz CT molecular complexity index is 1290. The number of urea groups is 1. The summed E-state index contributed by atoms with van der Waals surface area (Å²) in [6.07, 6.45) is -2.54. The highest BCUT2D eigenvalue weighted by atomic mass is 19.1. The van der Waals surface area contributed by atoms with Crippen molar-refractivity contribution < 1.29 is 42.6 Å². The molecule has 1 aromatic heterocycles. The van der Waals surface area contributed by atoms with E-state index in [9.17, 15) is 19.5 Å². The van der Waals surface area contributed by atoms with Gasteiger partial charge in [-0.2, -0.15) is 0 Å². The van der Waals surface area contributed by atoms with E-state index in [1.54, 1.807) is 17.9 Å². The number of barbiturate groups is 1. The number of carbonyl (C=O) groups excluding carboxylic acids is 3. The molecule has 2 aromatic rings. The van der Waals surface area contributed by atoms with Crippen molar-refractivity contribution in [2.75, 3.05) is 36.7 Å². The van der Waals surface area contributed by atoms with Crippen molar-refractivity contribution in [1.29, 1.82) is 0 Å². The van der Waals surface area contributed by atoms with E-state index in [4.69, 9.17) is 18.7 Å². The van der Waals surface area contributed by atoms with Gasteiger partial charge in [0.1, 0.15) is 0 Å². The number of ether oxygens (including phenoxy) is 3. The zero-order chi connectivity index (χ0) is 26.2. The Kier molecular flexibility index (Phi) is 5.42. The second kappa shape index (κ2) is 8.34. The number of benzene rings is 1. The van der Waals surface area contributed by atoms with Crippen molar-refractivity contribution in [3.05, 3.63) is 17.4 Å². The molecule has 5 atom stereocenters. The van der Waals surface area contributed by atoms with Crippen LogP contribution < -0.4 is 20.4 Å². The number of aromatic nitrogens is 1. The highest BCUT2D eigenvalue weighted by Crippen LogP contribution is 2.50. The van der Waals surface area contributed by atoms with Gasteiger partial charge in [-0.1, -0.05) is 5.16 Å². The Morgan fingerprint density at radius 2 is 2.00 bits per heavy atom. The van der Waals surface area contributed by atoms with Gasteiger partial charge in [0.15, 0.2) is 17.1 Å². The van der Waals surface area contributed by atoms with Gasteiger partial charge >= 0.3 is 6.03 Å². The van der Waals surface area contributed by atoms with E-state index >= 15 is 4.39 Å². The Morgan fingerprint density at radius 3 is 2.70 bits per heavy atom. The zero-order valence-electron chi connectivity index (χ0n) is 20.3. The predicted molar refractivity (Wildman–Crippen MR) is 123 cm³/mol. The largest absolute Gasteiger partial charge is 0.382 e. The maximum Gasteiger partial charge on any atom is 0.328 e. The van der Waals surface area contributed by atoms with Gasteiger partial charge < -0.3 is 28.7 Å². The van der Waals surface area contributed by atoms with Crippen LogP contribution in [0.25, 0.3) is 11.0 Å². The molecule has 0 saturated carbocycles. The van der Waals surface area contributed by atoms with E-state index in [0.29, 0.717) is 5.56 Å². The molecule has 0 aliphatic carbocycles. The number of amides is 4. The van der Waals surface area contributed by atoms with Crippen molar-refractivity contribution in [2.45, 2.75) is 51.0 Å². The summed E-state index contributed by atoms with van der Waals surface area (Å²) in [7, 11) is 1.50. The van der Waals surface area contributed by atoms with E-state index in [1.165, 1.54) is 12.0 Å². The molecule has 5 unspecified atom stereocenters. The number of methoxy groups -OCH3 is 1. The topological polar surface area (TPSA) is 156 Å². The number of imide groups is 2. The number of nitrogens with one attached hydrogen (secondary N) is 2. The molecule has 4 aliphatic rings. The third-order valence-corrected chi connectivity index (χ3v) is 7.62. The summed E-state index contributed by atoms with van der Waals surface area (Å²) < 4.78 is 38.2. The summed E-state index contributed by atoms with van der Waals surface area (Å²) in [5, 5.41) is 19.1. The predicted octanol–water partition coefficient (Wildman–Crippen LogP) is -0.0149. The molecule has 13 nitrogen and oxygen atoms in total. The smallest absolute Gasteiger partial charge is 0.328 e. The molecule has 3 saturated heterocycles. The molecule has 4 amide bonds. The van der Waals surface area contributed by atoms with Crippen LogP contribution in [-0.2, 0) is 30.2 Å². The van der Waals surface area contributed by atoms with Crippen LogP contribution in [0.3, 0.4) is 0 Å². The van der Waals surface area contributed by atoms with Crippen LogP contribution in [0.1, 0.15) is 19.4 Å². The molecule has 14 heteroatoms. The average molecular weight is 519 g/mol. The first-order valence-corrected chi connectivity index (χ1v) is 11.9. The van der Waals surface area contributed by atoms with Gasteiger partial charge in [0.2, 0.25) is 23.8 Å². The van der Waals surface area contributed by atoms with Gasteiger partial charge in [0.25, 0.3) is 0 Å². The number of aliphatic hydroxyl groups excluding tert-OH is 1. The lowest BCUT2D eigenvalue weighted by Crippen LogP contribution is -2.75. The molecule has 198 valence electrons. The number of rotatable bonds is 3. The maximum absolute atomic E-state index is 16.2. The third kappa shape index (κ3) is 3.29. The number of fused-ring (bicyclic) bond motifs is 5. The summed E-state index contributed by atoms with van der Waals surface area (Å²) in [5.41, 5.74) is -1.37. The van der Waals surface area contributed by atoms with E-state index in [0.717, 1.165) is 0 Å². The van der Waals surface area contributed by atoms with Crippen LogP contribution in [0.2, 0.25) is 0 Å². The minimum Gasteiger partial charge on any atom is -0.382 e. The van der Waals surface area contributed by atoms with Gasteiger partial charge in [-0.05, 0) is 25.5 Å². The van der Waals surface area contributed by atoms with Gasteiger partial charge in [0, 0.05) is 20.1 Å². The maximum atomic E-state index is 16.2. The lowest BCUT2D eigenvalue weighted by molar-refractivity contribution is -0.153. The molecule has 37 heavy (non-hydrogen) atoms.